The lowest BCUT2D eigenvalue weighted by molar-refractivity contribution is 0.280. The van der Waals surface area contributed by atoms with E-state index in [1.807, 2.05) is 6.20 Å². The Morgan fingerprint density at radius 1 is 1.73 bits per heavy atom. The molecule has 1 saturated heterocycles. The second-order valence-electron chi connectivity index (χ2n) is 4.14. The zero-order valence-corrected chi connectivity index (χ0v) is 10.4. The average molecular weight is 246 g/mol. The molecule has 1 atom stereocenters. The molecule has 1 aliphatic rings. The zero-order valence-electron chi connectivity index (χ0n) is 8.87. The van der Waals surface area contributed by atoms with Gasteiger partial charge in [0.15, 0.2) is 4.47 Å². The maximum atomic E-state index is 5.79. The molecule has 1 aliphatic heterocycles. The SMILES string of the molecule is CN(Cc1cnc(Cl)s1)C[C@@H]1CCNC1. The van der Waals surface area contributed by atoms with Gasteiger partial charge in [-0.05, 0) is 32.5 Å². The quantitative estimate of drug-likeness (QED) is 0.878. The molecule has 84 valence electrons. The topological polar surface area (TPSA) is 28.2 Å². The van der Waals surface area contributed by atoms with Gasteiger partial charge < -0.3 is 10.2 Å². The van der Waals surface area contributed by atoms with Crippen molar-refractivity contribution in [2.45, 2.75) is 13.0 Å². The number of nitrogens with zero attached hydrogens (tertiary/aromatic N) is 2. The van der Waals surface area contributed by atoms with E-state index in [1.54, 1.807) is 11.3 Å². The molecule has 1 fully saturated rings. The summed E-state index contributed by atoms with van der Waals surface area (Å²) >= 11 is 7.36. The van der Waals surface area contributed by atoms with Crippen LogP contribution in [0.3, 0.4) is 0 Å². The molecule has 1 N–H and O–H groups in total. The lowest BCUT2D eigenvalue weighted by Gasteiger charge is -2.19. The summed E-state index contributed by atoms with van der Waals surface area (Å²) < 4.78 is 0.640. The highest BCUT2D eigenvalue weighted by Gasteiger charge is 2.16. The minimum absolute atomic E-state index is 0.640. The van der Waals surface area contributed by atoms with Gasteiger partial charge in [-0.25, -0.2) is 4.98 Å². The predicted octanol–water partition coefficient (Wildman–Crippen LogP) is 1.84. The fraction of sp³-hybridized carbons (Fsp3) is 0.700. The summed E-state index contributed by atoms with van der Waals surface area (Å²) in [7, 11) is 2.16. The van der Waals surface area contributed by atoms with E-state index >= 15 is 0 Å². The molecule has 0 saturated carbocycles. The molecule has 0 unspecified atom stereocenters. The van der Waals surface area contributed by atoms with E-state index in [-0.39, 0.29) is 0 Å². The third kappa shape index (κ3) is 3.41. The largest absolute Gasteiger partial charge is 0.316 e. The van der Waals surface area contributed by atoms with Gasteiger partial charge in [0.2, 0.25) is 0 Å². The average Bonchev–Trinajstić information content (AvgIpc) is 2.77. The number of hydrogen-bond donors (Lipinski definition) is 1. The third-order valence-corrected chi connectivity index (χ3v) is 3.78. The highest BCUT2D eigenvalue weighted by atomic mass is 35.5. The van der Waals surface area contributed by atoms with E-state index < -0.39 is 0 Å². The number of aromatic nitrogens is 1. The molecule has 0 amide bonds. The van der Waals surface area contributed by atoms with Crippen molar-refractivity contribution in [2.24, 2.45) is 5.92 Å². The normalized spacial score (nSPS) is 21.4. The minimum Gasteiger partial charge on any atom is -0.316 e. The summed E-state index contributed by atoms with van der Waals surface area (Å²) in [6.45, 7) is 4.45. The van der Waals surface area contributed by atoms with Gasteiger partial charge in [0.25, 0.3) is 0 Å². The number of nitrogens with one attached hydrogen (secondary N) is 1. The first-order chi connectivity index (χ1) is 7.24. The van der Waals surface area contributed by atoms with Crippen molar-refractivity contribution in [2.75, 3.05) is 26.7 Å². The second-order valence-corrected chi connectivity index (χ2v) is 5.83. The van der Waals surface area contributed by atoms with Crippen LogP contribution in [-0.4, -0.2) is 36.6 Å². The van der Waals surface area contributed by atoms with Crippen LogP contribution in [0.5, 0.6) is 0 Å². The van der Waals surface area contributed by atoms with Crippen LogP contribution in [0, 0.1) is 5.92 Å². The van der Waals surface area contributed by atoms with Crippen LogP contribution in [0.25, 0.3) is 0 Å². The summed E-state index contributed by atoms with van der Waals surface area (Å²) in [5.74, 6) is 0.804. The van der Waals surface area contributed by atoms with E-state index in [4.69, 9.17) is 11.6 Å². The summed E-state index contributed by atoms with van der Waals surface area (Å²) in [5.41, 5.74) is 0. The fourth-order valence-corrected chi connectivity index (χ4v) is 3.06. The minimum atomic E-state index is 0.640. The van der Waals surface area contributed by atoms with Gasteiger partial charge >= 0.3 is 0 Å². The van der Waals surface area contributed by atoms with Gasteiger partial charge in [0.1, 0.15) is 0 Å². The van der Waals surface area contributed by atoms with E-state index in [0.29, 0.717) is 4.47 Å². The van der Waals surface area contributed by atoms with Crippen LogP contribution in [0.1, 0.15) is 11.3 Å². The lowest BCUT2D eigenvalue weighted by Crippen LogP contribution is -2.26. The summed E-state index contributed by atoms with van der Waals surface area (Å²) in [4.78, 5) is 7.64. The number of hydrogen-bond acceptors (Lipinski definition) is 4. The molecule has 0 aliphatic carbocycles. The predicted molar refractivity (Wildman–Crippen MR) is 64.4 cm³/mol. The van der Waals surface area contributed by atoms with Crippen LogP contribution in [0.4, 0.5) is 0 Å². The Bertz CT molecular complexity index is 309. The van der Waals surface area contributed by atoms with Gasteiger partial charge in [0.05, 0.1) is 0 Å². The Balaban J connectivity index is 1.78. The van der Waals surface area contributed by atoms with E-state index in [2.05, 4.69) is 22.2 Å². The lowest BCUT2D eigenvalue weighted by atomic mass is 10.1. The Hall–Kier alpha value is -0.160. The maximum Gasteiger partial charge on any atom is 0.183 e. The van der Waals surface area contributed by atoms with Crippen molar-refractivity contribution in [3.8, 4) is 0 Å². The maximum absolute atomic E-state index is 5.79. The highest BCUT2D eigenvalue weighted by Crippen LogP contribution is 2.19. The Morgan fingerprint density at radius 3 is 3.20 bits per heavy atom. The van der Waals surface area contributed by atoms with E-state index in [0.717, 1.165) is 25.6 Å². The van der Waals surface area contributed by atoms with Crippen molar-refractivity contribution >= 4 is 22.9 Å². The second kappa shape index (κ2) is 5.25. The van der Waals surface area contributed by atoms with Crippen LogP contribution in [-0.2, 0) is 6.54 Å². The number of thiazole rings is 1. The van der Waals surface area contributed by atoms with Crippen molar-refractivity contribution < 1.29 is 0 Å². The van der Waals surface area contributed by atoms with E-state index in [9.17, 15) is 0 Å². The molecule has 2 heterocycles. The van der Waals surface area contributed by atoms with Crippen LogP contribution >= 0.6 is 22.9 Å². The molecule has 0 spiro atoms. The van der Waals surface area contributed by atoms with E-state index in [1.165, 1.54) is 17.8 Å². The molecule has 0 bridgehead atoms. The van der Waals surface area contributed by atoms with Gasteiger partial charge in [0, 0.05) is 24.2 Å². The molecular weight excluding hydrogens is 230 g/mol. The first-order valence-corrected chi connectivity index (χ1v) is 6.43. The Morgan fingerprint density at radius 2 is 2.60 bits per heavy atom. The van der Waals surface area contributed by atoms with Crippen LogP contribution in [0.15, 0.2) is 6.20 Å². The first kappa shape index (κ1) is 11.3. The molecule has 0 radical (unpaired) electrons. The third-order valence-electron chi connectivity index (χ3n) is 2.68. The molecule has 1 aromatic rings. The number of rotatable bonds is 4. The fourth-order valence-electron chi connectivity index (χ4n) is 2.00. The number of halogens is 1. The Kier molecular flexibility index (Phi) is 3.97. The van der Waals surface area contributed by atoms with Crippen molar-refractivity contribution in [1.82, 2.24) is 15.2 Å². The molecule has 0 aromatic carbocycles. The van der Waals surface area contributed by atoms with Crippen molar-refractivity contribution in [1.29, 1.82) is 0 Å². The molecule has 15 heavy (non-hydrogen) atoms. The standard InChI is InChI=1S/C10H16ClN3S/c1-14(6-8-2-3-12-4-8)7-9-5-13-10(11)15-9/h5,8,12H,2-4,6-7H2,1H3/t8-/m1/s1. The van der Waals surface area contributed by atoms with Crippen molar-refractivity contribution in [3.63, 3.8) is 0 Å². The first-order valence-electron chi connectivity index (χ1n) is 5.23. The van der Waals surface area contributed by atoms with Gasteiger partial charge in [-0.1, -0.05) is 11.6 Å². The molecule has 2 rings (SSSR count). The molecule has 3 nitrogen and oxygen atoms in total. The van der Waals surface area contributed by atoms with Gasteiger partial charge in [-0.2, -0.15) is 0 Å². The summed E-state index contributed by atoms with van der Waals surface area (Å²) in [6.07, 6.45) is 3.17. The molecule has 1 aromatic heterocycles. The van der Waals surface area contributed by atoms with Crippen LogP contribution < -0.4 is 5.32 Å². The Labute approximate surface area is 99.5 Å². The summed E-state index contributed by atoms with van der Waals surface area (Å²) in [6, 6.07) is 0. The van der Waals surface area contributed by atoms with Crippen molar-refractivity contribution in [3.05, 3.63) is 15.5 Å². The monoisotopic (exact) mass is 245 g/mol. The molecular formula is C10H16ClN3S. The van der Waals surface area contributed by atoms with Gasteiger partial charge in [-0.3, -0.25) is 0 Å². The molecule has 5 heteroatoms. The van der Waals surface area contributed by atoms with Crippen LogP contribution in [0.2, 0.25) is 4.47 Å². The zero-order chi connectivity index (χ0) is 10.7. The highest BCUT2D eigenvalue weighted by molar-refractivity contribution is 7.15. The smallest absolute Gasteiger partial charge is 0.183 e. The van der Waals surface area contributed by atoms with Gasteiger partial charge in [-0.15, -0.1) is 11.3 Å². The summed E-state index contributed by atoms with van der Waals surface area (Å²) in [5, 5.41) is 3.39.